The minimum Gasteiger partial charge on any atom is -0.299 e. The van der Waals surface area contributed by atoms with E-state index in [1.54, 1.807) is 16.0 Å². The minimum absolute atomic E-state index is 0.878. The number of aryl methyl sites for hydroxylation is 1. The molecule has 2 heterocycles. The lowest BCUT2D eigenvalue weighted by Gasteiger charge is -2.35. The van der Waals surface area contributed by atoms with Gasteiger partial charge >= 0.3 is 0 Å². The number of rotatable bonds is 2. The Balaban J connectivity index is 1.70. The molecule has 1 saturated heterocycles. The Labute approximate surface area is 115 Å². The van der Waals surface area contributed by atoms with E-state index in [1.807, 2.05) is 11.3 Å². The SMILES string of the molecule is CC1CC(C)CN(Cc2csc3c2CCCC3)C1. The molecule has 1 nitrogen and oxygen atoms in total. The van der Waals surface area contributed by atoms with Crippen molar-refractivity contribution in [2.45, 2.75) is 52.5 Å². The summed E-state index contributed by atoms with van der Waals surface area (Å²) in [6.45, 7) is 8.63. The van der Waals surface area contributed by atoms with Gasteiger partial charge in [-0.3, -0.25) is 4.90 Å². The molecule has 2 heteroatoms. The van der Waals surface area contributed by atoms with E-state index < -0.39 is 0 Å². The molecule has 1 aromatic rings. The fourth-order valence-electron chi connectivity index (χ4n) is 3.86. The largest absolute Gasteiger partial charge is 0.299 e. The number of hydrogen-bond donors (Lipinski definition) is 0. The Bertz CT molecular complexity index is 399. The summed E-state index contributed by atoms with van der Waals surface area (Å²) in [5.74, 6) is 1.76. The van der Waals surface area contributed by atoms with Crippen molar-refractivity contribution in [3.63, 3.8) is 0 Å². The zero-order chi connectivity index (χ0) is 12.5. The molecule has 3 rings (SSSR count). The Hall–Kier alpha value is -0.340. The van der Waals surface area contributed by atoms with Gasteiger partial charge in [0.1, 0.15) is 0 Å². The number of thiophene rings is 1. The predicted octanol–water partition coefficient (Wildman–Crippen LogP) is 4.10. The second-order valence-electron chi connectivity index (χ2n) is 6.51. The highest BCUT2D eigenvalue weighted by molar-refractivity contribution is 7.10. The summed E-state index contributed by atoms with van der Waals surface area (Å²) in [7, 11) is 0. The van der Waals surface area contributed by atoms with Crippen LogP contribution < -0.4 is 0 Å². The molecule has 1 aliphatic heterocycles. The summed E-state index contributed by atoms with van der Waals surface area (Å²) in [5.41, 5.74) is 3.37. The van der Waals surface area contributed by atoms with Gasteiger partial charge in [-0.2, -0.15) is 0 Å². The molecule has 1 aromatic heterocycles. The van der Waals surface area contributed by atoms with E-state index in [1.165, 1.54) is 51.7 Å². The Morgan fingerprint density at radius 3 is 2.67 bits per heavy atom. The highest BCUT2D eigenvalue weighted by Gasteiger charge is 2.23. The number of hydrogen-bond acceptors (Lipinski definition) is 2. The molecule has 0 radical (unpaired) electrons. The zero-order valence-electron chi connectivity index (χ0n) is 11.7. The summed E-state index contributed by atoms with van der Waals surface area (Å²) in [5, 5.41) is 2.44. The molecule has 0 bridgehead atoms. The first kappa shape index (κ1) is 12.7. The molecule has 0 aromatic carbocycles. The first-order valence-corrected chi connectivity index (χ1v) is 8.41. The van der Waals surface area contributed by atoms with E-state index in [2.05, 4.69) is 24.1 Å². The summed E-state index contributed by atoms with van der Waals surface area (Å²) in [6, 6.07) is 0. The summed E-state index contributed by atoms with van der Waals surface area (Å²) < 4.78 is 0. The summed E-state index contributed by atoms with van der Waals surface area (Å²) in [6.07, 6.45) is 6.91. The van der Waals surface area contributed by atoms with Crippen molar-refractivity contribution in [2.24, 2.45) is 11.8 Å². The average molecular weight is 263 g/mol. The molecule has 2 atom stereocenters. The van der Waals surface area contributed by atoms with Crippen LogP contribution in [0.25, 0.3) is 0 Å². The maximum atomic E-state index is 2.69. The third-order valence-corrected chi connectivity index (χ3v) is 5.62. The van der Waals surface area contributed by atoms with Gasteiger partial charge in [0.2, 0.25) is 0 Å². The molecule has 0 N–H and O–H groups in total. The van der Waals surface area contributed by atoms with E-state index in [0.717, 1.165) is 11.8 Å². The van der Waals surface area contributed by atoms with Crippen LogP contribution in [0.2, 0.25) is 0 Å². The number of nitrogens with zero attached hydrogens (tertiary/aromatic N) is 1. The normalized spacial score (nSPS) is 29.2. The van der Waals surface area contributed by atoms with Gasteiger partial charge in [-0.1, -0.05) is 13.8 Å². The minimum atomic E-state index is 0.878. The summed E-state index contributed by atoms with van der Waals surface area (Å²) >= 11 is 2.02. The molecule has 0 amide bonds. The van der Waals surface area contributed by atoms with Crippen LogP contribution in [0, 0.1) is 11.8 Å². The first-order valence-electron chi connectivity index (χ1n) is 7.53. The third kappa shape index (κ3) is 2.65. The Morgan fingerprint density at radius 1 is 1.17 bits per heavy atom. The van der Waals surface area contributed by atoms with Crippen molar-refractivity contribution in [3.8, 4) is 0 Å². The summed E-state index contributed by atoms with van der Waals surface area (Å²) in [4.78, 5) is 4.38. The van der Waals surface area contributed by atoms with Crippen LogP contribution in [0.15, 0.2) is 5.38 Å². The van der Waals surface area contributed by atoms with Crippen molar-refractivity contribution < 1.29 is 0 Å². The van der Waals surface area contributed by atoms with Gasteiger partial charge < -0.3 is 0 Å². The number of likely N-dealkylation sites (tertiary alicyclic amines) is 1. The Kier molecular flexibility index (Phi) is 3.76. The number of piperidine rings is 1. The second kappa shape index (κ2) is 5.34. The molecular formula is C16H25NS. The van der Waals surface area contributed by atoms with E-state index in [9.17, 15) is 0 Å². The molecule has 1 aliphatic carbocycles. The lowest BCUT2D eigenvalue weighted by atomic mass is 9.91. The molecule has 0 spiro atoms. The van der Waals surface area contributed by atoms with E-state index in [-0.39, 0.29) is 0 Å². The first-order chi connectivity index (χ1) is 8.72. The second-order valence-corrected chi connectivity index (χ2v) is 7.47. The van der Waals surface area contributed by atoms with E-state index >= 15 is 0 Å². The van der Waals surface area contributed by atoms with Crippen molar-refractivity contribution in [1.82, 2.24) is 4.90 Å². The van der Waals surface area contributed by atoms with Crippen LogP contribution in [-0.2, 0) is 19.4 Å². The van der Waals surface area contributed by atoms with Crippen LogP contribution in [0.5, 0.6) is 0 Å². The zero-order valence-corrected chi connectivity index (χ0v) is 12.6. The lowest BCUT2D eigenvalue weighted by molar-refractivity contribution is 0.134. The third-order valence-electron chi connectivity index (χ3n) is 4.49. The van der Waals surface area contributed by atoms with Gasteiger partial charge in [0.05, 0.1) is 0 Å². The van der Waals surface area contributed by atoms with Crippen molar-refractivity contribution in [1.29, 1.82) is 0 Å². The van der Waals surface area contributed by atoms with Crippen LogP contribution >= 0.6 is 11.3 Å². The highest BCUT2D eigenvalue weighted by Crippen LogP contribution is 2.32. The lowest BCUT2D eigenvalue weighted by Crippen LogP contribution is -2.38. The molecule has 18 heavy (non-hydrogen) atoms. The predicted molar refractivity (Wildman–Crippen MR) is 79.2 cm³/mol. The number of fused-ring (bicyclic) bond motifs is 1. The molecule has 1 fully saturated rings. The van der Waals surface area contributed by atoms with Gasteiger partial charge in [-0.25, -0.2) is 0 Å². The van der Waals surface area contributed by atoms with Crippen LogP contribution in [0.4, 0.5) is 0 Å². The standard InChI is InChI=1S/C16H25NS/c1-12-7-13(2)9-17(8-12)10-14-11-18-16-6-4-3-5-15(14)16/h11-13H,3-10H2,1-2H3. The van der Waals surface area contributed by atoms with Crippen LogP contribution in [-0.4, -0.2) is 18.0 Å². The molecule has 0 saturated carbocycles. The van der Waals surface area contributed by atoms with Gasteiger partial charge in [0, 0.05) is 24.5 Å². The van der Waals surface area contributed by atoms with E-state index in [4.69, 9.17) is 0 Å². The Morgan fingerprint density at radius 2 is 1.89 bits per heavy atom. The smallest absolute Gasteiger partial charge is 0.0245 e. The van der Waals surface area contributed by atoms with Crippen molar-refractivity contribution in [2.75, 3.05) is 13.1 Å². The van der Waals surface area contributed by atoms with Gasteiger partial charge in [0.25, 0.3) is 0 Å². The van der Waals surface area contributed by atoms with Crippen molar-refractivity contribution >= 4 is 11.3 Å². The molecule has 2 unspecified atom stereocenters. The highest BCUT2D eigenvalue weighted by atomic mass is 32.1. The topological polar surface area (TPSA) is 3.24 Å². The van der Waals surface area contributed by atoms with E-state index in [0.29, 0.717) is 0 Å². The van der Waals surface area contributed by atoms with Crippen LogP contribution in [0.3, 0.4) is 0 Å². The quantitative estimate of drug-likeness (QED) is 0.776. The van der Waals surface area contributed by atoms with Gasteiger partial charge in [0.15, 0.2) is 0 Å². The maximum Gasteiger partial charge on any atom is 0.0245 e. The molecular weight excluding hydrogens is 238 g/mol. The molecule has 2 aliphatic rings. The van der Waals surface area contributed by atoms with Gasteiger partial charge in [-0.15, -0.1) is 11.3 Å². The maximum absolute atomic E-state index is 2.69. The average Bonchev–Trinajstić information content (AvgIpc) is 2.72. The van der Waals surface area contributed by atoms with Crippen LogP contribution in [0.1, 0.15) is 49.1 Å². The van der Waals surface area contributed by atoms with Crippen molar-refractivity contribution in [3.05, 3.63) is 21.4 Å². The fourth-order valence-corrected chi connectivity index (χ4v) is 4.99. The monoisotopic (exact) mass is 263 g/mol. The fraction of sp³-hybridized carbons (Fsp3) is 0.750. The molecule has 100 valence electrons. The van der Waals surface area contributed by atoms with Gasteiger partial charge in [-0.05, 0) is 60.4 Å².